The number of aromatic nitrogens is 1. The molecule has 1 aliphatic carbocycles. The number of hydrogen-bond acceptors (Lipinski definition) is 6. The maximum Gasteiger partial charge on any atom is 0.329 e. The Labute approximate surface area is 181 Å². The maximum absolute atomic E-state index is 13.0. The Bertz CT molecular complexity index is 968. The van der Waals surface area contributed by atoms with E-state index in [0.717, 1.165) is 10.5 Å². The number of nitrogens with zero attached hydrogens (tertiary/aromatic N) is 2. The zero-order valence-electron chi connectivity index (χ0n) is 17.7. The highest BCUT2D eigenvalue weighted by molar-refractivity contribution is 6.08. The van der Waals surface area contributed by atoms with Crippen LogP contribution in [-0.2, 0) is 25.7 Å². The summed E-state index contributed by atoms with van der Waals surface area (Å²) in [5.41, 5.74) is 1.29. The van der Waals surface area contributed by atoms with E-state index in [1.807, 2.05) is 56.3 Å². The smallest absolute Gasteiger partial charge is 0.329 e. The third-order valence-electron chi connectivity index (χ3n) is 5.75. The van der Waals surface area contributed by atoms with E-state index in [4.69, 9.17) is 9.15 Å². The van der Waals surface area contributed by atoms with Gasteiger partial charge in [-0.05, 0) is 37.3 Å². The molecule has 7 heteroatoms. The van der Waals surface area contributed by atoms with Crippen LogP contribution in [0.5, 0.6) is 0 Å². The number of carbonyl (C=O) groups excluding carboxylic acids is 3. The predicted molar refractivity (Wildman–Crippen MR) is 112 cm³/mol. The lowest BCUT2D eigenvalue weighted by atomic mass is 9.85. The molecule has 1 saturated heterocycles. The molecular weight excluding hydrogens is 396 g/mol. The number of ether oxygens (including phenoxy) is 1. The molecule has 2 aliphatic rings. The second-order valence-electron chi connectivity index (χ2n) is 8.47. The maximum atomic E-state index is 13.0. The van der Waals surface area contributed by atoms with Gasteiger partial charge in [0, 0.05) is 5.56 Å². The van der Waals surface area contributed by atoms with Gasteiger partial charge in [-0.25, -0.2) is 9.78 Å². The van der Waals surface area contributed by atoms with Crippen molar-refractivity contribution in [1.29, 1.82) is 0 Å². The second kappa shape index (κ2) is 8.88. The topological polar surface area (TPSA) is 89.7 Å². The van der Waals surface area contributed by atoms with E-state index in [1.165, 1.54) is 6.26 Å². The van der Waals surface area contributed by atoms with Crippen LogP contribution in [0.15, 0.2) is 53.2 Å². The molecule has 31 heavy (non-hydrogen) atoms. The molecule has 0 radical (unpaired) electrons. The minimum atomic E-state index is -0.925. The van der Waals surface area contributed by atoms with Crippen molar-refractivity contribution in [2.75, 3.05) is 0 Å². The summed E-state index contributed by atoms with van der Waals surface area (Å²) in [6, 6.07) is 8.49. The van der Waals surface area contributed by atoms with Gasteiger partial charge in [-0.3, -0.25) is 14.5 Å². The van der Waals surface area contributed by atoms with Gasteiger partial charge in [0.15, 0.2) is 0 Å². The molecule has 3 atom stereocenters. The van der Waals surface area contributed by atoms with Gasteiger partial charge in [0.25, 0.3) is 0 Å². The molecule has 4 rings (SSSR count). The summed E-state index contributed by atoms with van der Waals surface area (Å²) in [5, 5.41) is 0. The Balaban J connectivity index is 1.46. The number of allylic oxidation sites excluding steroid dienone is 2. The van der Waals surface area contributed by atoms with Crippen LogP contribution in [0, 0.1) is 17.8 Å². The van der Waals surface area contributed by atoms with Gasteiger partial charge >= 0.3 is 5.97 Å². The van der Waals surface area contributed by atoms with Crippen LogP contribution in [0.1, 0.15) is 38.8 Å². The molecule has 2 heterocycles. The molecule has 1 aromatic carbocycles. The van der Waals surface area contributed by atoms with E-state index in [0.29, 0.717) is 30.8 Å². The molecule has 1 aromatic heterocycles. The van der Waals surface area contributed by atoms with Gasteiger partial charge < -0.3 is 9.15 Å². The zero-order valence-corrected chi connectivity index (χ0v) is 17.7. The van der Waals surface area contributed by atoms with Gasteiger partial charge in [-0.15, -0.1) is 0 Å². The van der Waals surface area contributed by atoms with Crippen LogP contribution >= 0.6 is 0 Å². The van der Waals surface area contributed by atoms with Crippen LogP contribution in [-0.4, -0.2) is 33.7 Å². The molecule has 7 nitrogen and oxygen atoms in total. The molecule has 0 N–H and O–H groups in total. The third kappa shape index (κ3) is 4.31. The minimum Gasteiger partial charge on any atom is -0.457 e. The van der Waals surface area contributed by atoms with E-state index in [9.17, 15) is 14.4 Å². The first-order valence-corrected chi connectivity index (χ1v) is 10.6. The molecular formula is C24H26N2O5. The Morgan fingerprint density at radius 1 is 1.13 bits per heavy atom. The quantitative estimate of drug-likeness (QED) is 0.384. The summed E-state index contributed by atoms with van der Waals surface area (Å²) < 4.78 is 11.0. The number of imide groups is 1. The highest BCUT2D eigenvalue weighted by Crippen LogP contribution is 2.37. The summed E-state index contributed by atoms with van der Waals surface area (Å²) in [6.07, 6.45) is 6.74. The van der Waals surface area contributed by atoms with Gasteiger partial charge in [-0.1, -0.05) is 44.2 Å². The largest absolute Gasteiger partial charge is 0.457 e. The predicted octanol–water partition coefficient (Wildman–Crippen LogP) is 3.75. The fourth-order valence-corrected chi connectivity index (χ4v) is 4.21. The first-order valence-electron chi connectivity index (χ1n) is 10.6. The number of esters is 1. The number of fused-ring (bicyclic) bond motifs is 1. The molecule has 0 unspecified atom stereocenters. The normalized spacial score (nSPS) is 21.5. The molecule has 0 spiro atoms. The lowest BCUT2D eigenvalue weighted by Gasteiger charge is -2.26. The summed E-state index contributed by atoms with van der Waals surface area (Å²) in [6.45, 7) is 3.81. The summed E-state index contributed by atoms with van der Waals surface area (Å²) in [4.78, 5) is 44.4. The number of hydrogen-bond donors (Lipinski definition) is 0. The van der Waals surface area contributed by atoms with Crippen molar-refractivity contribution in [2.24, 2.45) is 17.8 Å². The second-order valence-corrected chi connectivity index (χ2v) is 8.47. The van der Waals surface area contributed by atoms with Gasteiger partial charge in [0.2, 0.25) is 17.7 Å². The van der Waals surface area contributed by atoms with Gasteiger partial charge in [-0.2, -0.15) is 0 Å². The lowest BCUT2D eigenvalue weighted by molar-refractivity contribution is -0.160. The highest BCUT2D eigenvalue weighted by Gasteiger charge is 2.51. The fourth-order valence-electron chi connectivity index (χ4n) is 4.21. The monoisotopic (exact) mass is 422 g/mol. The van der Waals surface area contributed by atoms with E-state index in [1.54, 1.807) is 0 Å². The number of rotatable bonds is 7. The van der Waals surface area contributed by atoms with Crippen molar-refractivity contribution in [3.05, 3.63) is 54.4 Å². The van der Waals surface area contributed by atoms with E-state index in [2.05, 4.69) is 4.98 Å². The van der Waals surface area contributed by atoms with Gasteiger partial charge in [0.1, 0.15) is 24.6 Å². The van der Waals surface area contributed by atoms with E-state index in [-0.39, 0.29) is 36.2 Å². The summed E-state index contributed by atoms with van der Waals surface area (Å²) >= 11 is 0. The van der Waals surface area contributed by atoms with E-state index >= 15 is 0 Å². The molecule has 2 aromatic rings. The van der Waals surface area contributed by atoms with Crippen LogP contribution in [0.4, 0.5) is 0 Å². The SMILES string of the molecule is CC(C)C[C@H](C(=O)OCc1coc(-c2ccccc2)n1)N1C(=O)[C@@H]2CC=CC[C@H]2C1=O. The zero-order chi connectivity index (χ0) is 22.0. The highest BCUT2D eigenvalue weighted by atomic mass is 16.5. The minimum absolute atomic E-state index is 0.0889. The Morgan fingerprint density at radius 2 is 1.77 bits per heavy atom. The molecule has 0 saturated carbocycles. The van der Waals surface area contributed by atoms with Crippen molar-refractivity contribution in [1.82, 2.24) is 9.88 Å². The number of likely N-dealkylation sites (tertiary alicyclic amines) is 1. The van der Waals surface area contributed by atoms with Crippen LogP contribution in [0.3, 0.4) is 0 Å². The summed E-state index contributed by atoms with van der Waals surface area (Å²) in [5.74, 6) is -1.33. The van der Waals surface area contributed by atoms with Crippen molar-refractivity contribution < 1.29 is 23.5 Å². The number of oxazole rings is 1. The Hall–Kier alpha value is -3.22. The van der Waals surface area contributed by atoms with Crippen molar-refractivity contribution in [3.63, 3.8) is 0 Å². The van der Waals surface area contributed by atoms with Crippen molar-refractivity contribution in [3.8, 4) is 11.5 Å². The van der Waals surface area contributed by atoms with Gasteiger partial charge in [0.05, 0.1) is 11.8 Å². The van der Waals surface area contributed by atoms with Crippen LogP contribution in [0.25, 0.3) is 11.5 Å². The average molecular weight is 422 g/mol. The first-order chi connectivity index (χ1) is 15.0. The first kappa shape index (κ1) is 21.0. The molecule has 0 bridgehead atoms. The van der Waals surface area contributed by atoms with Crippen molar-refractivity contribution >= 4 is 17.8 Å². The fraction of sp³-hybridized carbons (Fsp3) is 0.417. The summed E-state index contributed by atoms with van der Waals surface area (Å²) in [7, 11) is 0. The third-order valence-corrected chi connectivity index (χ3v) is 5.75. The van der Waals surface area contributed by atoms with Crippen LogP contribution in [0.2, 0.25) is 0 Å². The Kier molecular flexibility index (Phi) is 6.02. The van der Waals surface area contributed by atoms with Crippen LogP contribution < -0.4 is 0 Å². The molecule has 162 valence electrons. The number of benzene rings is 1. The Morgan fingerprint density at radius 3 is 2.39 bits per heavy atom. The molecule has 2 amide bonds. The average Bonchev–Trinajstić information content (AvgIpc) is 3.35. The van der Waals surface area contributed by atoms with E-state index < -0.39 is 12.0 Å². The number of amides is 2. The molecule has 1 aliphatic heterocycles. The van der Waals surface area contributed by atoms with Crippen molar-refractivity contribution in [2.45, 2.75) is 45.8 Å². The lowest BCUT2D eigenvalue weighted by Crippen LogP contribution is -2.47. The number of carbonyl (C=O) groups is 3. The standard InChI is InChI=1S/C24H26N2O5/c1-15(2)12-20(26-22(27)18-10-6-7-11-19(18)23(26)28)24(29)31-14-17-13-30-21(25-17)16-8-4-3-5-9-16/h3-9,13,15,18-20H,10-12,14H2,1-2H3/t18-,19-,20-/m1/s1. The molecule has 1 fully saturated rings.